The largest absolute Gasteiger partial charge is 0.391 e. The van der Waals surface area contributed by atoms with E-state index in [1.54, 1.807) is 18.2 Å². The van der Waals surface area contributed by atoms with E-state index in [4.69, 9.17) is 28.9 Å². The van der Waals surface area contributed by atoms with Crippen LogP contribution >= 0.6 is 23.2 Å². The van der Waals surface area contributed by atoms with Gasteiger partial charge in [-0.15, -0.1) is 0 Å². The molecule has 1 aliphatic carbocycles. The van der Waals surface area contributed by atoms with Crippen molar-refractivity contribution in [2.45, 2.75) is 37.4 Å². The van der Waals surface area contributed by atoms with Gasteiger partial charge in [0.05, 0.1) is 16.0 Å². The molecule has 1 nitrogen and oxygen atoms in total. The molecule has 1 saturated carbocycles. The van der Waals surface area contributed by atoms with Crippen LogP contribution in [-0.4, -0.2) is 6.18 Å². The van der Waals surface area contributed by atoms with Crippen molar-refractivity contribution in [1.82, 2.24) is 0 Å². The smallest absolute Gasteiger partial charge is 0.321 e. The summed E-state index contributed by atoms with van der Waals surface area (Å²) in [6.07, 6.45) is -3.17. The quantitative estimate of drug-likeness (QED) is 0.784. The van der Waals surface area contributed by atoms with E-state index in [1.165, 1.54) is 0 Å². The Morgan fingerprint density at radius 2 is 1.89 bits per heavy atom. The first-order valence-corrected chi connectivity index (χ1v) is 6.79. The van der Waals surface area contributed by atoms with E-state index in [2.05, 4.69) is 0 Å². The van der Waals surface area contributed by atoms with E-state index in [9.17, 15) is 13.2 Å². The zero-order valence-electron chi connectivity index (χ0n) is 10.1. The highest BCUT2D eigenvalue weighted by Crippen LogP contribution is 2.45. The number of rotatable bonds is 1. The van der Waals surface area contributed by atoms with E-state index in [-0.39, 0.29) is 12.8 Å². The lowest BCUT2D eigenvalue weighted by molar-refractivity contribution is -0.187. The van der Waals surface area contributed by atoms with Crippen molar-refractivity contribution in [1.29, 1.82) is 0 Å². The molecule has 0 aromatic heterocycles. The molecule has 1 aromatic carbocycles. The van der Waals surface area contributed by atoms with Crippen LogP contribution in [0.1, 0.15) is 31.2 Å². The molecule has 6 heteroatoms. The molecular weight excluding hydrogens is 298 g/mol. The Morgan fingerprint density at radius 3 is 2.47 bits per heavy atom. The van der Waals surface area contributed by atoms with Crippen molar-refractivity contribution in [2.75, 3.05) is 0 Å². The fraction of sp³-hybridized carbons (Fsp3) is 0.538. The molecule has 1 fully saturated rings. The maximum absolute atomic E-state index is 12.8. The third-order valence-corrected chi connectivity index (χ3v) is 4.48. The van der Waals surface area contributed by atoms with Crippen LogP contribution in [0.2, 0.25) is 10.0 Å². The van der Waals surface area contributed by atoms with Gasteiger partial charge in [-0.1, -0.05) is 35.7 Å². The fourth-order valence-electron chi connectivity index (χ4n) is 2.66. The number of alkyl halides is 3. The highest BCUT2D eigenvalue weighted by atomic mass is 35.5. The van der Waals surface area contributed by atoms with Crippen molar-refractivity contribution in [3.05, 3.63) is 33.8 Å². The van der Waals surface area contributed by atoms with Crippen LogP contribution in [0.15, 0.2) is 18.2 Å². The van der Waals surface area contributed by atoms with Crippen LogP contribution in [0.4, 0.5) is 13.2 Å². The summed E-state index contributed by atoms with van der Waals surface area (Å²) in [6, 6.07) is 4.81. The highest BCUT2D eigenvalue weighted by molar-refractivity contribution is 6.42. The summed E-state index contributed by atoms with van der Waals surface area (Å²) in [7, 11) is 0. The SMILES string of the molecule is NC1(c2ccc(Cl)c(Cl)c2)CCCC(C(F)(F)F)C1. The average molecular weight is 312 g/mol. The molecule has 19 heavy (non-hydrogen) atoms. The summed E-state index contributed by atoms with van der Waals surface area (Å²) in [5.41, 5.74) is 5.83. The molecule has 0 spiro atoms. The monoisotopic (exact) mass is 311 g/mol. The van der Waals surface area contributed by atoms with Crippen molar-refractivity contribution in [3.63, 3.8) is 0 Å². The topological polar surface area (TPSA) is 26.0 Å². The fourth-order valence-corrected chi connectivity index (χ4v) is 2.95. The summed E-state index contributed by atoms with van der Waals surface area (Å²) in [4.78, 5) is 0. The van der Waals surface area contributed by atoms with Crippen LogP contribution in [0, 0.1) is 5.92 Å². The van der Waals surface area contributed by atoms with Gasteiger partial charge in [-0.2, -0.15) is 13.2 Å². The van der Waals surface area contributed by atoms with E-state index in [1.807, 2.05) is 0 Å². The summed E-state index contributed by atoms with van der Waals surface area (Å²) < 4.78 is 38.5. The summed E-state index contributed by atoms with van der Waals surface area (Å²) in [6.45, 7) is 0. The second kappa shape index (κ2) is 5.15. The highest BCUT2D eigenvalue weighted by Gasteiger charge is 2.46. The van der Waals surface area contributed by atoms with Crippen LogP contribution in [0.5, 0.6) is 0 Å². The van der Waals surface area contributed by atoms with Crippen LogP contribution in [0.3, 0.4) is 0 Å². The predicted octanol–water partition coefficient (Wildman–Crippen LogP) is 4.90. The number of halogens is 5. The summed E-state index contributed by atoms with van der Waals surface area (Å²) in [5.74, 6) is -1.35. The van der Waals surface area contributed by atoms with Crippen molar-refractivity contribution in [3.8, 4) is 0 Å². The van der Waals surface area contributed by atoms with E-state index < -0.39 is 17.6 Å². The Balaban J connectivity index is 2.28. The van der Waals surface area contributed by atoms with E-state index in [0.29, 0.717) is 28.5 Å². The molecule has 0 aliphatic heterocycles. The third-order valence-electron chi connectivity index (χ3n) is 3.74. The van der Waals surface area contributed by atoms with Gasteiger partial charge in [0.1, 0.15) is 0 Å². The zero-order valence-corrected chi connectivity index (χ0v) is 11.6. The molecule has 0 radical (unpaired) electrons. The first-order valence-electron chi connectivity index (χ1n) is 6.03. The zero-order chi connectivity index (χ0) is 14.3. The second-order valence-corrected chi connectivity index (χ2v) is 5.93. The van der Waals surface area contributed by atoms with Gasteiger partial charge < -0.3 is 5.73 Å². The average Bonchev–Trinajstić information content (AvgIpc) is 2.31. The predicted molar refractivity (Wildman–Crippen MR) is 70.3 cm³/mol. The Hall–Kier alpha value is -0.450. The van der Waals surface area contributed by atoms with Crippen molar-refractivity contribution < 1.29 is 13.2 Å². The lowest BCUT2D eigenvalue weighted by Gasteiger charge is -2.39. The molecular formula is C13H14Cl2F3N. The van der Waals surface area contributed by atoms with E-state index >= 15 is 0 Å². The molecule has 0 bridgehead atoms. The molecule has 2 unspecified atom stereocenters. The Morgan fingerprint density at radius 1 is 1.21 bits per heavy atom. The first kappa shape index (κ1) is 14.9. The minimum absolute atomic E-state index is 0.103. The third kappa shape index (κ3) is 3.18. The molecule has 1 aliphatic rings. The van der Waals surface area contributed by atoms with Crippen molar-refractivity contribution >= 4 is 23.2 Å². The molecule has 2 atom stereocenters. The van der Waals surface area contributed by atoms with Crippen LogP contribution < -0.4 is 5.73 Å². The van der Waals surface area contributed by atoms with Gasteiger partial charge in [0.2, 0.25) is 0 Å². The molecule has 1 aromatic rings. The lowest BCUT2D eigenvalue weighted by atomic mass is 9.72. The maximum Gasteiger partial charge on any atom is 0.391 e. The Kier molecular flexibility index (Phi) is 4.05. The molecule has 106 valence electrons. The Bertz CT molecular complexity index is 475. The standard InChI is InChI=1S/C13H14Cl2F3N/c14-10-4-3-8(6-11(10)15)12(19)5-1-2-9(7-12)13(16,17)18/h3-4,6,9H,1-2,5,7,19H2. The summed E-state index contributed by atoms with van der Waals surface area (Å²) in [5, 5.41) is 0.690. The molecule has 2 N–H and O–H groups in total. The second-order valence-electron chi connectivity index (χ2n) is 5.12. The van der Waals surface area contributed by atoms with Gasteiger partial charge in [-0.25, -0.2) is 0 Å². The van der Waals surface area contributed by atoms with E-state index in [0.717, 1.165) is 0 Å². The van der Waals surface area contributed by atoms with Gasteiger partial charge in [0.25, 0.3) is 0 Å². The summed E-state index contributed by atoms with van der Waals surface area (Å²) >= 11 is 11.7. The number of hydrogen-bond acceptors (Lipinski definition) is 1. The molecule has 2 rings (SSSR count). The van der Waals surface area contributed by atoms with Gasteiger partial charge in [-0.3, -0.25) is 0 Å². The van der Waals surface area contributed by atoms with Gasteiger partial charge in [0.15, 0.2) is 0 Å². The Labute approximate surface area is 119 Å². The molecule has 0 amide bonds. The number of benzene rings is 1. The van der Waals surface area contributed by atoms with Gasteiger partial charge in [0, 0.05) is 5.54 Å². The molecule has 0 heterocycles. The molecule has 0 saturated heterocycles. The number of nitrogens with two attached hydrogens (primary N) is 1. The maximum atomic E-state index is 12.8. The minimum atomic E-state index is -4.19. The number of hydrogen-bond donors (Lipinski definition) is 1. The van der Waals surface area contributed by atoms with Gasteiger partial charge in [-0.05, 0) is 37.0 Å². The van der Waals surface area contributed by atoms with Crippen LogP contribution in [0.25, 0.3) is 0 Å². The van der Waals surface area contributed by atoms with Crippen LogP contribution in [-0.2, 0) is 5.54 Å². The van der Waals surface area contributed by atoms with Gasteiger partial charge >= 0.3 is 6.18 Å². The first-order chi connectivity index (χ1) is 8.72. The minimum Gasteiger partial charge on any atom is -0.321 e. The normalized spacial score (nSPS) is 28.4. The van der Waals surface area contributed by atoms with Crippen molar-refractivity contribution in [2.24, 2.45) is 11.7 Å². The lowest BCUT2D eigenvalue weighted by Crippen LogP contribution is -2.44.